The Bertz CT molecular complexity index is 1310. The van der Waals surface area contributed by atoms with Gasteiger partial charge in [0.05, 0.1) is 11.6 Å². The lowest BCUT2D eigenvalue weighted by atomic mass is 9.92. The molecular formula is C30H29NO4. The number of fused-ring (bicyclic) bond motifs is 1. The summed E-state index contributed by atoms with van der Waals surface area (Å²) < 4.78 is 5.78. The van der Waals surface area contributed by atoms with E-state index in [2.05, 4.69) is 13.8 Å². The van der Waals surface area contributed by atoms with Crippen LogP contribution in [0.1, 0.15) is 60.5 Å². The van der Waals surface area contributed by atoms with Gasteiger partial charge >= 0.3 is 0 Å². The van der Waals surface area contributed by atoms with Crippen molar-refractivity contribution in [2.45, 2.75) is 51.8 Å². The Morgan fingerprint density at radius 3 is 2.43 bits per heavy atom. The summed E-state index contributed by atoms with van der Waals surface area (Å²) in [6.07, 6.45) is 0.803. The quantitative estimate of drug-likeness (QED) is 0.295. The van der Waals surface area contributed by atoms with Crippen molar-refractivity contribution >= 4 is 17.4 Å². The normalized spacial score (nSPS) is 20.9. The van der Waals surface area contributed by atoms with E-state index >= 15 is 0 Å². The Morgan fingerprint density at radius 1 is 1.03 bits per heavy atom. The summed E-state index contributed by atoms with van der Waals surface area (Å²) >= 11 is 0. The molecule has 2 aliphatic heterocycles. The van der Waals surface area contributed by atoms with Gasteiger partial charge in [0, 0.05) is 18.5 Å². The van der Waals surface area contributed by atoms with Crippen molar-refractivity contribution in [3.05, 3.63) is 106 Å². The molecule has 2 atom stereocenters. The van der Waals surface area contributed by atoms with Crippen LogP contribution < -0.4 is 4.74 Å². The van der Waals surface area contributed by atoms with Crippen molar-refractivity contribution in [2.75, 3.05) is 0 Å². The van der Waals surface area contributed by atoms with Crippen molar-refractivity contribution in [1.29, 1.82) is 0 Å². The maximum absolute atomic E-state index is 13.3. The number of aliphatic hydroxyl groups excluding tert-OH is 1. The van der Waals surface area contributed by atoms with Gasteiger partial charge in [-0.2, -0.15) is 0 Å². The average molecular weight is 468 g/mol. The lowest BCUT2D eigenvalue weighted by Gasteiger charge is -2.26. The van der Waals surface area contributed by atoms with Gasteiger partial charge in [0.25, 0.3) is 11.7 Å². The van der Waals surface area contributed by atoms with Gasteiger partial charge in [0.2, 0.25) is 0 Å². The monoisotopic (exact) mass is 467 g/mol. The van der Waals surface area contributed by atoms with Crippen LogP contribution >= 0.6 is 0 Å². The molecular weight excluding hydrogens is 438 g/mol. The zero-order chi connectivity index (χ0) is 24.7. The molecule has 0 aromatic heterocycles. The van der Waals surface area contributed by atoms with Gasteiger partial charge in [-0.15, -0.1) is 0 Å². The van der Waals surface area contributed by atoms with Crippen LogP contribution in [0.4, 0.5) is 0 Å². The second-order valence-electron chi connectivity index (χ2n) is 9.69. The van der Waals surface area contributed by atoms with E-state index < -0.39 is 17.7 Å². The minimum atomic E-state index is -0.681. The standard InChI is InChI=1S/C30H29NO4/c1-18(2)21-9-11-22(12-10-21)27-26(28(32)23-13-14-25-24(16-23)15-19(3)35-25)29(33)30(34)31(27)17-20-7-5-4-6-8-20/h4-14,16,18-19,27,32H,15,17H2,1-3H3/b28-26+. The third-order valence-electron chi connectivity index (χ3n) is 6.82. The molecule has 35 heavy (non-hydrogen) atoms. The Labute approximate surface area is 205 Å². The first kappa shape index (κ1) is 22.9. The van der Waals surface area contributed by atoms with Crippen molar-refractivity contribution in [2.24, 2.45) is 0 Å². The summed E-state index contributed by atoms with van der Waals surface area (Å²) in [5.74, 6) is -0.276. The number of amides is 1. The molecule has 2 unspecified atom stereocenters. The van der Waals surface area contributed by atoms with Crippen LogP contribution in [0, 0.1) is 0 Å². The molecule has 5 heteroatoms. The molecule has 0 radical (unpaired) electrons. The second-order valence-corrected chi connectivity index (χ2v) is 9.69. The smallest absolute Gasteiger partial charge is 0.295 e. The van der Waals surface area contributed by atoms with Crippen LogP contribution in [-0.4, -0.2) is 27.8 Å². The number of rotatable bonds is 5. The fourth-order valence-electron chi connectivity index (χ4n) is 4.96. The number of ether oxygens (including phenoxy) is 1. The highest BCUT2D eigenvalue weighted by atomic mass is 16.5. The van der Waals surface area contributed by atoms with E-state index in [0.717, 1.165) is 28.9 Å². The number of ketones is 1. The molecule has 0 saturated carbocycles. The Morgan fingerprint density at radius 2 is 1.74 bits per heavy atom. The summed E-state index contributed by atoms with van der Waals surface area (Å²) in [5, 5.41) is 11.4. The van der Waals surface area contributed by atoms with Gasteiger partial charge < -0.3 is 14.7 Å². The number of hydrogen-bond donors (Lipinski definition) is 1. The molecule has 0 aliphatic carbocycles. The van der Waals surface area contributed by atoms with Gasteiger partial charge in [0.15, 0.2) is 0 Å². The van der Waals surface area contributed by atoms with Crippen molar-refractivity contribution in [3.63, 3.8) is 0 Å². The van der Waals surface area contributed by atoms with E-state index in [4.69, 9.17) is 4.74 Å². The average Bonchev–Trinajstić information content (AvgIpc) is 3.35. The lowest BCUT2D eigenvalue weighted by molar-refractivity contribution is -0.140. The number of hydrogen-bond acceptors (Lipinski definition) is 4. The first-order valence-corrected chi connectivity index (χ1v) is 12.1. The third-order valence-corrected chi connectivity index (χ3v) is 6.82. The fourth-order valence-corrected chi connectivity index (χ4v) is 4.96. The molecule has 2 aliphatic rings. The van der Waals surface area contributed by atoms with Crippen LogP contribution in [-0.2, 0) is 22.6 Å². The van der Waals surface area contributed by atoms with Crippen molar-refractivity contribution < 1.29 is 19.4 Å². The lowest BCUT2D eigenvalue weighted by Crippen LogP contribution is -2.29. The maximum Gasteiger partial charge on any atom is 0.295 e. The van der Waals surface area contributed by atoms with E-state index in [0.29, 0.717) is 11.5 Å². The van der Waals surface area contributed by atoms with Gasteiger partial charge in [-0.3, -0.25) is 9.59 Å². The molecule has 3 aromatic rings. The highest BCUT2D eigenvalue weighted by Crippen LogP contribution is 2.41. The minimum Gasteiger partial charge on any atom is -0.507 e. The third kappa shape index (κ3) is 4.23. The zero-order valence-electron chi connectivity index (χ0n) is 20.2. The number of nitrogens with zero attached hydrogens (tertiary/aromatic N) is 1. The van der Waals surface area contributed by atoms with E-state index in [-0.39, 0.29) is 24.0 Å². The summed E-state index contributed by atoms with van der Waals surface area (Å²) in [7, 11) is 0. The number of aliphatic hydroxyl groups is 1. The van der Waals surface area contributed by atoms with Gasteiger partial charge in [-0.1, -0.05) is 68.4 Å². The van der Waals surface area contributed by atoms with Crippen LogP contribution in [0.5, 0.6) is 5.75 Å². The largest absolute Gasteiger partial charge is 0.507 e. The number of carbonyl (C=O) groups excluding carboxylic acids is 2. The molecule has 1 amide bonds. The van der Waals surface area contributed by atoms with Crippen LogP contribution in [0.2, 0.25) is 0 Å². The van der Waals surface area contributed by atoms with E-state index in [1.165, 1.54) is 5.56 Å². The Hall–Kier alpha value is -3.86. The van der Waals surface area contributed by atoms with Gasteiger partial charge in [-0.05, 0) is 53.3 Å². The molecule has 5 rings (SSSR count). The van der Waals surface area contributed by atoms with Gasteiger partial charge in [0.1, 0.15) is 17.6 Å². The molecule has 3 aromatic carbocycles. The van der Waals surface area contributed by atoms with E-state index in [9.17, 15) is 14.7 Å². The first-order valence-electron chi connectivity index (χ1n) is 12.1. The highest BCUT2D eigenvalue weighted by molar-refractivity contribution is 6.46. The second kappa shape index (κ2) is 9.06. The van der Waals surface area contributed by atoms with Crippen LogP contribution in [0.3, 0.4) is 0 Å². The van der Waals surface area contributed by atoms with Crippen LogP contribution in [0.15, 0.2) is 78.4 Å². The van der Waals surface area contributed by atoms with E-state index in [1.54, 1.807) is 11.0 Å². The van der Waals surface area contributed by atoms with E-state index in [1.807, 2.05) is 73.7 Å². The predicted octanol–water partition coefficient (Wildman–Crippen LogP) is 5.76. The SMILES string of the molecule is CC1Cc2cc(/C(O)=C3\C(=O)C(=O)N(Cc4ccccc4)C3c3ccc(C(C)C)cc3)ccc2O1. The summed E-state index contributed by atoms with van der Waals surface area (Å²) in [4.78, 5) is 28.1. The molecule has 1 saturated heterocycles. The van der Waals surface area contributed by atoms with Crippen molar-refractivity contribution in [1.82, 2.24) is 4.90 Å². The molecule has 0 spiro atoms. The summed E-state index contributed by atoms with van der Waals surface area (Å²) in [6, 6.07) is 22.3. The molecule has 0 bridgehead atoms. The van der Waals surface area contributed by atoms with Crippen molar-refractivity contribution in [3.8, 4) is 5.75 Å². The fraction of sp³-hybridized carbons (Fsp3) is 0.267. The van der Waals surface area contributed by atoms with Crippen LogP contribution in [0.25, 0.3) is 5.76 Å². The first-order chi connectivity index (χ1) is 16.8. The summed E-state index contributed by atoms with van der Waals surface area (Å²) in [6.45, 7) is 6.51. The highest BCUT2D eigenvalue weighted by Gasteiger charge is 2.46. The summed E-state index contributed by atoms with van der Waals surface area (Å²) in [5.41, 5.74) is 4.50. The Kier molecular flexibility index (Phi) is 5.93. The Balaban J connectivity index is 1.62. The zero-order valence-corrected chi connectivity index (χ0v) is 20.2. The molecule has 2 heterocycles. The predicted molar refractivity (Wildman–Crippen MR) is 135 cm³/mol. The number of benzene rings is 3. The maximum atomic E-state index is 13.3. The molecule has 1 fully saturated rings. The number of likely N-dealkylation sites (tertiary alicyclic amines) is 1. The topological polar surface area (TPSA) is 66.8 Å². The molecule has 178 valence electrons. The molecule has 1 N–H and O–H groups in total. The number of Topliss-reactive ketones (excluding diaryl/α,β-unsaturated/α-hetero) is 1. The van der Waals surface area contributed by atoms with Gasteiger partial charge in [-0.25, -0.2) is 0 Å². The minimum absolute atomic E-state index is 0.0679. The number of carbonyl (C=O) groups is 2. The molecule has 5 nitrogen and oxygen atoms in total.